The van der Waals surface area contributed by atoms with Gasteiger partial charge in [-0.2, -0.15) is 0 Å². The first-order chi connectivity index (χ1) is 12.6. The van der Waals surface area contributed by atoms with Crippen molar-refractivity contribution >= 4 is 35.8 Å². The van der Waals surface area contributed by atoms with Crippen LogP contribution < -0.4 is 15.4 Å². The number of nitrogens with zero attached hydrogens (tertiary/aromatic N) is 2. The Morgan fingerprint density at radius 3 is 2.37 bits per heavy atom. The number of carbonyl (C=O) groups is 1. The molecule has 0 heterocycles. The zero-order valence-electron chi connectivity index (χ0n) is 15.9. The number of hydrogen-bond donors (Lipinski definition) is 2. The van der Waals surface area contributed by atoms with Crippen LogP contribution in [0.2, 0.25) is 0 Å². The van der Waals surface area contributed by atoms with Crippen molar-refractivity contribution in [2.45, 2.75) is 13.5 Å². The summed E-state index contributed by atoms with van der Waals surface area (Å²) in [5.41, 5.74) is 0.965. The van der Waals surface area contributed by atoms with Gasteiger partial charge in [0.15, 0.2) is 5.96 Å². The van der Waals surface area contributed by atoms with Crippen molar-refractivity contribution in [2.24, 2.45) is 4.99 Å². The highest BCUT2D eigenvalue weighted by Crippen LogP contribution is 2.25. The van der Waals surface area contributed by atoms with Gasteiger partial charge in [0.05, 0.1) is 13.1 Å². The van der Waals surface area contributed by atoms with E-state index in [2.05, 4.69) is 15.6 Å². The first-order valence-corrected chi connectivity index (χ1v) is 8.63. The SMILES string of the molecule is CCNC(=NCc1ccccc1Oc1ccccc1)NCC(=O)N(C)C.I. The molecule has 2 N–H and O–H groups in total. The summed E-state index contributed by atoms with van der Waals surface area (Å²) in [7, 11) is 3.45. The molecule has 0 saturated carbocycles. The second-order valence-electron chi connectivity index (χ2n) is 5.86. The lowest BCUT2D eigenvalue weighted by molar-refractivity contribution is -0.127. The third-order valence-electron chi connectivity index (χ3n) is 3.60. The van der Waals surface area contributed by atoms with Gasteiger partial charge in [-0.1, -0.05) is 36.4 Å². The third kappa shape index (κ3) is 7.86. The molecule has 0 fully saturated rings. The summed E-state index contributed by atoms with van der Waals surface area (Å²) in [6, 6.07) is 17.5. The van der Waals surface area contributed by atoms with Crippen LogP contribution in [0.15, 0.2) is 59.6 Å². The number of likely N-dealkylation sites (N-methyl/N-ethyl adjacent to an activating group) is 1. The standard InChI is InChI=1S/C20H26N4O2.HI/c1-4-21-20(23-15-19(25)24(2)3)22-14-16-10-8-9-13-18(16)26-17-11-6-5-7-12-17;/h5-13H,4,14-15H2,1-3H3,(H2,21,22,23);1H. The Balaban J connectivity index is 0.00000364. The van der Waals surface area contributed by atoms with Crippen LogP contribution in [0.25, 0.3) is 0 Å². The molecule has 146 valence electrons. The van der Waals surface area contributed by atoms with Crippen molar-refractivity contribution in [1.29, 1.82) is 0 Å². The summed E-state index contributed by atoms with van der Waals surface area (Å²) in [5.74, 6) is 2.13. The van der Waals surface area contributed by atoms with Gasteiger partial charge in [0.2, 0.25) is 5.91 Å². The van der Waals surface area contributed by atoms with Crippen LogP contribution in [-0.2, 0) is 11.3 Å². The summed E-state index contributed by atoms with van der Waals surface area (Å²) in [6.07, 6.45) is 0. The van der Waals surface area contributed by atoms with Crippen LogP contribution in [0.4, 0.5) is 0 Å². The van der Waals surface area contributed by atoms with Crippen LogP contribution >= 0.6 is 24.0 Å². The van der Waals surface area contributed by atoms with Gasteiger partial charge < -0.3 is 20.3 Å². The second-order valence-corrected chi connectivity index (χ2v) is 5.86. The Morgan fingerprint density at radius 2 is 1.70 bits per heavy atom. The minimum atomic E-state index is -0.0107. The zero-order chi connectivity index (χ0) is 18.8. The Labute approximate surface area is 178 Å². The van der Waals surface area contributed by atoms with E-state index in [1.54, 1.807) is 19.0 Å². The lowest BCUT2D eigenvalue weighted by Gasteiger charge is -2.14. The van der Waals surface area contributed by atoms with Gasteiger partial charge >= 0.3 is 0 Å². The largest absolute Gasteiger partial charge is 0.457 e. The first-order valence-electron chi connectivity index (χ1n) is 8.63. The average Bonchev–Trinajstić information content (AvgIpc) is 2.65. The van der Waals surface area contributed by atoms with E-state index in [-0.39, 0.29) is 36.4 Å². The van der Waals surface area contributed by atoms with Crippen LogP contribution in [0.3, 0.4) is 0 Å². The van der Waals surface area contributed by atoms with E-state index in [1.165, 1.54) is 0 Å². The number of nitrogens with one attached hydrogen (secondary N) is 2. The molecule has 2 rings (SSSR count). The van der Waals surface area contributed by atoms with Crippen LogP contribution in [0.5, 0.6) is 11.5 Å². The molecule has 0 atom stereocenters. The molecular weight excluding hydrogens is 455 g/mol. The van der Waals surface area contributed by atoms with Gasteiger partial charge in [-0.25, -0.2) is 4.99 Å². The average molecular weight is 482 g/mol. The summed E-state index contributed by atoms with van der Waals surface area (Å²) < 4.78 is 5.96. The number of aliphatic imine (C=N–C) groups is 1. The highest BCUT2D eigenvalue weighted by atomic mass is 127. The predicted molar refractivity (Wildman–Crippen MR) is 120 cm³/mol. The maximum atomic E-state index is 11.7. The topological polar surface area (TPSA) is 66.0 Å². The van der Waals surface area contributed by atoms with Gasteiger partial charge in [0, 0.05) is 26.2 Å². The van der Waals surface area contributed by atoms with E-state index in [9.17, 15) is 4.79 Å². The van der Waals surface area contributed by atoms with E-state index in [0.717, 1.165) is 17.1 Å². The number of benzene rings is 2. The van der Waals surface area contributed by atoms with Gasteiger partial charge in [0.25, 0.3) is 0 Å². The molecule has 0 bridgehead atoms. The van der Waals surface area contributed by atoms with E-state index in [1.807, 2.05) is 61.5 Å². The quantitative estimate of drug-likeness (QED) is 0.362. The normalized spacial score (nSPS) is 10.6. The highest BCUT2D eigenvalue weighted by molar-refractivity contribution is 14.0. The van der Waals surface area contributed by atoms with Gasteiger partial charge in [-0.15, -0.1) is 24.0 Å². The minimum absolute atomic E-state index is 0. The minimum Gasteiger partial charge on any atom is -0.457 e. The van der Waals surface area contributed by atoms with E-state index in [4.69, 9.17) is 4.74 Å². The molecule has 0 spiro atoms. The van der Waals surface area contributed by atoms with Crippen molar-refractivity contribution in [3.8, 4) is 11.5 Å². The molecule has 6 nitrogen and oxygen atoms in total. The lowest BCUT2D eigenvalue weighted by Crippen LogP contribution is -2.42. The maximum absolute atomic E-state index is 11.7. The summed E-state index contributed by atoms with van der Waals surface area (Å²) >= 11 is 0. The molecule has 0 aliphatic heterocycles. The van der Waals surface area contributed by atoms with E-state index in [0.29, 0.717) is 19.0 Å². The molecule has 0 aliphatic carbocycles. The fraction of sp³-hybridized carbons (Fsp3) is 0.300. The van der Waals surface area contributed by atoms with Crippen LogP contribution in [0, 0.1) is 0 Å². The Kier molecular flexibility index (Phi) is 10.2. The molecular formula is C20H27IN4O2. The van der Waals surface area contributed by atoms with Gasteiger partial charge in [0.1, 0.15) is 11.5 Å². The zero-order valence-corrected chi connectivity index (χ0v) is 18.3. The Morgan fingerprint density at radius 1 is 1.04 bits per heavy atom. The highest BCUT2D eigenvalue weighted by Gasteiger charge is 2.07. The van der Waals surface area contributed by atoms with Crippen molar-refractivity contribution < 1.29 is 9.53 Å². The summed E-state index contributed by atoms with van der Waals surface area (Å²) in [5, 5.41) is 6.19. The smallest absolute Gasteiger partial charge is 0.241 e. The molecule has 1 amide bonds. The lowest BCUT2D eigenvalue weighted by atomic mass is 10.2. The van der Waals surface area contributed by atoms with Crippen molar-refractivity contribution in [1.82, 2.24) is 15.5 Å². The first kappa shape index (κ1) is 22.8. The molecule has 2 aromatic carbocycles. The number of amides is 1. The number of carbonyl (C=O) groups excluding carboxylic acids is 1. The number of halogens is 1. The van der Waals surface area contributed by atoms with Crippen molar-refractivity contribution in [3.05, 3.63) is 60.2 Å². The van der Waals surface area contributed by atoms with Crippen molar-refractivity contribution in [3.63, 3.8) is 0 Å². The molecule has 0 aromatic heterocycles. The van der Waals surface area contributed by atoms with Gasteiger partial charge in [-0.05, 0) is 25.1 Å². The molecule has 0 aliphatic rings. The number of rotatable bonds is 7. The maximum Gasteiger partial charge on any atom is 0.241 e. The molecule has 2 aromatic rings. The van der Waals surface area contributed by atoms with E-state index >= 15 is 0 Å². The third-order valence-corrected chi connectivity index (χ3v) is 3.60. The Bertz CT molecular complexity index is 736. The fourth-order valence-corrected chi connectivity index (χ4v) is 2.17. The summed E-state index contributed by atoms with van der Waals surface area (Å²) in [6.45, 7) is 3.33. The summed E-state index contributed by atoms with van der Waals surface area (Å²) in [4.78, 5) is 17.8. The molecule has 27 heavy (non-hydrogen) atoms. The van der Waals surface area contributed by atoms with E-state index < -0.39 is 0 Å². The van der Waals surface area contributed by atoms with Gasteiger partial charge in [-0.3, -0.25) is 4.79 Å². The van der Waals surface area contributed by atoms with Crippen molar-refractivity contribution in [2.75, 3.05) is 27.2 Å². The second kappa shape index (κ2) is 12.2. The number of para-hydroxylation sites is 2. The predicted octanol–water partition coefficient (Wildman–Crippen LogP) is 3.24. The van der Waals surface area contributed by atoms with Crippen LogP contribution in [-0.4, -0.2) is 44.0 Å². The Hall–Kier alpha value is -2.29. The number of guanidine groups is 1. The molecule has 0 saturated heterocycles. The fourth-order valence-electron chi connectivity index (χ4n) is 2.17. The molecule has 0 radical (unpaired) electrons. The van der Waals surface area contributed by atoms with Crippen LogP contribution in [0.1, 0.15) is 12.5 Å². The monoisotopic (exact) mass is 482 g/mol. The number of hydrogen-bond acceptors (Lipinski definition) is 3. The molecule has 7 heteroatoms. The number of ether oxygens (including phenoxy) is 1. The molecule has 0 unspecified atom stereocenters.